The maximum Gasteiger partial charge on any atom is 0.223 e. The van der Waals surface area contributed by atoms with Crippen molar-refractivity contribution in [1.82, 2.24) is 10.2 Å². The van der Waals surface area contributed by atoms with Crippen LogP contribution in [0.15, 0.2) is 18.2 Å². The molecular weight excluding hydrogens is 238 g/mol. The summed E-state index contributed by atoms with van der Waals surface area (Å²) >= 11 is 0. The maximum atomic E-state index is 13.3. The van der Waals surface area contributed by atoms with Crippen molar-refractivity contribution < 1.29 is 13.6 Å². The average molecular weight is 256 g/mol. The first kappa shape index (κ1) is 14.6. The molecular formula is C13H18F2N2O. The van der Waals surface area contributed by atoms with Gasteiger partial charge in [-0.2, -0.15) is 0 Å². The van der Waals surface area contributed by atoms with E-state index in [9.17, 15) is 13.6 Å². The van der Waals surface area contributed by atoms with E-state index in [-0.39, 0.29) is 5.91 Å². The molecule has 0 saturated heterocycles. The minimum atomic E-state index is -0.462. The maximum absolute atomic E-state index is 13.3. The lowest BCUT2D eigenvalue weighted by molar-refractivity contribution is -0.129. The minimum absolute atomic E-state index is 0.0128. The number of nitrogens with zero attached hydrogens (tertiary/aromatic N) is 1. The zero-order chi connectivity index (χ0) is 13.5. The molecule has 1 rings (SSSR count). The Morgan fingerprint density at radius 2 is 2.11 bits per heavy atom. The van der Waals surface area contributed by atoms with Gasteiger partial charge in [0.1, 0.15) is 11.6 Å². The molecule has 5 heteroatoms. The summed E-state index contributed by atoms with van der Waals surface area (Å²) in [7, 11) is 3.44. The number of rotatable bonds is 6. The van der Waals surface area contributed by atoms with Gasteiger partial charge in [0.2, 0.25) is 5.91 Å². The lowest BCUT2D eigenvalue weighted by atomic mass is 10.1. The third-order valence-corrected chi connectivity index (χ3v) is 2.74. The van der Waals surface area contributed by atoms with Gasteiger partial charge in [0, 0.05) is 26.6 Å². The fourth-order valence-electron chi connectivity index (χ4n) is 1.57. The number of carbonyl (C=O) groups is 1. The molecule has 0 aliphatic carbocycles. The van der Waals surface area contributed by atoms with Gasteiger partial charge in [0.05, 0.1) is 0 Å². The highest BCUT2D eigenvalue weighted by Gasteiger charge is 2.10. The van der Waals surface area contributed by atoms with Crippen LogP contribution in [0.1, 0.15) is 12.0 Å². The van der Waals surface area contributed by atoms with Crippen LogP contribution >= 0.6 is 0 Å². The van der Waals surface area contributed by atoms with E-state index in [4.69, 9.17) is 0 Å². The second-order valence-electron chi connectivity index (χ2n) is 4.15. The summed E-state index contributed by atoms with van der Waals surface area (Å²) in [6.45, 7) is 0.987. The molecule has 100 valence electrons. The van der Waals surface area contributed by atoms with Crippen LogP contribution in [0.3, 0.4) is 0 Å². The van der Waals surface area contributed by atoms with Crippen molar-refractivity contribution in [3.63, 3.8) is 0 Å². The Balaban J connectivity index is 2.49. The summed E-state index contributed by atoms with van der Waals surface area (Å²) in [6, 6.07) is 3.36. The highest BCUT2D eigenvalue weighted by Crippen LogP contribution is 2.10. The second-order valence-corrected chi connectivity index (χ2v) is 4.15. The van der Waals surface area contributed by atoms with E-state index in [1.807, 2.05) is 0 Å². The Morgan fingerprint density at radius 3 is 2.78 bits per heavy atom. The minimum Gasteiger partial charge on any atom is -0.345 e. The van der Waals surface area contributed by atoms with Gasteiger partial charge in [-0.3, -0.25) is 4.79 Å². The highest BCUT2D eigenvalue weighted by atomic mass is 19.1. The zero-order valence-corrected chi connectivity index (χ0v) is 10.7. The second kappa shape index (κ2) is 7.06. The highest BCUT2D eigenvalue weighted by molar-refractivity contribution is 5.76. The summed E-state index contributed by atoms with van der Waals surface area (Å²) in [5.41, 5.74) is 0.295. The van der Waals surface area contributed by atoms with Gasteiger partial charge >= 0.3 is 0 Å². The number of halogens is 2. The van der Waals surface area contributed by atoms with Crippen molar-refractivity contribution in [1.29, 1.82) is 0 Å². The number of benzene rings is 1. The predicted octanol–water partition coefficient (Wildman–Crippen LogP) is 1.58. The van der Waals surface area contributed by atoms with Crippen molar-refractivity contribution in [2.24, 2.45) is 0 Å². The van der Waals surface area contributed by atoms with E-state index in [0.717, 1.165) is 12.1 Å². The van der Waals surface area contributed by atoms with Crippen LogP contribution in [0.5, 0.6) is 0 Å². The fraction of sp³-hybridized carbons (Fsp3) is 0.462. The van der Waals surface area contributed by atoms with Gasteiger partial charge in [-0.15, -0.1) is 0 Å². The first-order valence-electron chi connectivity index (χ1n) is 5.87. The molecule has 0 unspecified atom stereocenters. The van der Waals surface area contributed by atoms with Crippen molar-refractivity contribution in [3.05, 3.63) is 35.4 Å². The number of hydrogen-bond acceptors (Lipinski definition) is 2. The molecule has 0 aliphatic heterocycles. The molecule has 0 aliphatic rings. The number of likely N-dealkylation sites (N-methyl/N-ethyl adjacent to an activating group) is 1. The molecule has 0 radical (unpaired) electrons. The Labute approximate surface area is 106 Å². The summed E-state index contributed by atoms with van der Waals surface area (Å²) in [6.07, 6.45) is 0.712. The van der Waals surface area contributed by atoms with E-state index in [0.29, 0.717) is 31.5 Å². The lowest BCUT2D eigenvalue weighted by Crippen LogP contribution is -2.31. The standard InChI is InChI=1S/C13H18F2N2O/c1-16-7-5-13(18)17(2)8-6-10-9-11(14)3-4-12(10)15/h3-4,9,16H,5-8H2,1-2H3. The monoisotopic (exact) mass is 256 g/mol. The van der Waals surface area contributed by atoms with Crippen molar-refractivity contribution in [2.45, 2.75) is 12.8 Å². The fourth-order valence-corrected chi connectivity index (χ4v) is 1.57. The zero-order valence-electron chi connectivity index (χ0n) is 10.7. The summed E-state index contributed by atoms with van der Waals surface area (Å²) in [4.78, 5) is 13.1. The molecule has 0 aromatic heterocycles. The van der Waals surface area contributed by atoms with Crippen LogP contribution < -0.4 is 5.32 Å². The number of carbonyl (C=O) groups excluding carboxylic acids is 1. The number of nitrogens with one attached hydrogen (secondary N) is 1. The van der Waals surface area contributed by atoms with Crippen molar-refractivity contribution >= 4 is 5.91 Å². The topological polar surface area (TPSA) is 32.3 Å². The van der Waals surface area contributed by atoms with Crippen LogP contribution in [0.2, 0.25) is 0 Å². The quantitative estimate of drug-likeness (QED) is 0.838. The molecule has 1 aromatic rings. The van der Waals surface area contributed by atoms with Crippen molar-refractivity contribution in [2.75, 3.05) is 27.2 Å². The Hall–Kier alpha value is -1.49. The molecule has 0 fully saturated rings. The average Bonchev–Trinajstić information content (AvgIpc) is 2.36. The summed E-state index contributed by atoms with van der Waals surface area (Å²) < 4.78 is 26.3. The SMILES string of the molecule is CNCCC(=O)N(C)CCc1cc(F)ccc1F. The third kappa shape index (κ3) is 4.41. The molecule has 3 nitrogen and oxygen atoms in total. The molecule has 18 heavy (non-hydrogen) atoms. The normalized spacial score (nSPS) is 10.4. The van der Waals surface area contributed by atoms with Gasteiger partial charge in [-0.05, 0) is 37.2 Å². The number of amides is 1. The van der Waals surface area contributed by atoms with Crippen LogP contribution in [-0.2, 0) is 11.2 Å². The van der Waals surface area contributed by atoms with E-state index < -0.39 is 11.6 Å². The van der Waals surface area contributed by atoms with Crippen LogP contribution in [0, 0.1) is 11.6 Å². The molecule has 0 heterocycles. The summed E-state index contributed by atoms with van der Waals surface area (Å²) in [5.74, 6) is -0.913. The van der Waals surface area contributed by atoms with Gasteiger partial charge in [0.15, 0.2) is 0 Å². The first-order valence-corrected chi connectivity index (χ1v) is 5.87. The Morgan fingerprint density at radius 1 is 1.39 bits per heavy atom. The van der Waals surface area contributed by atoms with Gasteiger partial charge in [0.25, 0.3) is 0 Å². The summed E-state index contributed by atoms with van der Waals surface area (Å²) in [5, 5.41) is 2.89. The molecule has 0 atom stereocenters. The van der Waals surface area contributed by atoms with Gasteiger partial charge in [-0.25, -0.2) is 8.78 Å². The molecule has 1 aromatic carbocycles. The van der Waals surface area contributed by atoms with Crippen LogP contribution in [-0.4, -0.2) is 38.0 Å². The largest absolute Gasteiger partial charge is 0.345 e. The lowest BCUT2D eigenvalue weighted by Gasteiger charge is -2.17. The van der Waals surface area contributed by atoms with E-state index >= 15 is 0 Å². The molecule has 1 amide bonds. The smallest absolute Gasteiger partial charge is 0.223 e. The van der Waals surface area contributed by atoms with E-state index in [2.05, 4.69) is 5.32 Å². The van der Waals surface area contributed by atoms with Crippen molar-refractivity contribution in [3.8, 4) is 0 Å². The first-order chi connectivity index (χ1) is 8.54. The van der Waals surface area contributed by atoms with Gasteiger partial charge < -0.3 is 10.2 Å². The molecule has 1 N–H and O–H groups in total. The molecule has 0 bridgehead atoms. The Bertz CT molecular complexity index is 410. The van der Waals surface area contributed by atoms with Gasteiger partial charge in [-0.1, -0.05) is 0 Å². The number of hydrogen-bond donors (Lipinski definition) is 1. The Kier molecular flexibility index (Phi) is 5.71. The predicted molar refractivity (Wildman–Crippen MR) is 66.2 cm³/mol. The molecule has 0 spiro atoms. The molecule has 0 saturated carbocycles. The third-order valence-electron chi connectivity index (χ3n) is 2.74. The van der Waals surface area contributed by atoms with E-state index in [1.165, 1.54) is 11.0 Å². The van der Waals surface area contributed by atoms with Crippen LogP contribution in [0.4, 0.5) is 8.78 Å². The van der Waals surface area contributed by atoms with E-state index in [1.54, 1.807) is 14.1 Å². The van der Waals surface area contributed by atoms with Crippen LogP contribution in [0.25, 0.3) is 0 Å².